The number of esters is 1. The fourth-order valence-electron chi connectivity index (χ4n) is 2.33. The maximum atomic E-state index is 12.1. The minimum absolute atomic E-state index is 0.252. The lowest BCUT2D eigenvalue weighted by molar-refractivity contribution is -0.119. The summed E-state index contributed by atoms with van der Waals surface area (Å²) in [7, 11) is 1.53. The first-order valence-corrected chi connectivity index (χ1v) is 7.77. The highest BCUT2D eigenvalue weighted by atomic mass is 16.5. The van der Waals surface area contributed by atoms with Crippen LogP contribution in [-0.4, -0.2) is 31.4 Å². The van der Waals surface area contributed by atoms with Gasteiger partial charge in [-0.1, -0.05) is 23.8 Å². The Labute approximate surface area is 146 Å². The Morgan fingerprint density at radius 3 is 2.48 bits per heavy atom. The summed E-state index contributed by atoms with van der Waals surface area (Å²) in [6, 6.07) is 11.8. The van der Waals surface area contributed by atoms with Crippen molar-refractivity contribution in [1.82, 2.24) is 5.32 Å². The normalized spacial score (nSPS) is 10.0. The van der Waals surface area contributed by atoms with Crippen LogP contribution in [0.3, 0.4) is 0 Å². The van der Waals surface area contributed by atoms with Crippen LogP contribution in [0.15, 0.2) is 42.5 Å². The third kappa shape index (κ3) is 4.91. The molecule has 0 spiro atoms. The van der Waals surface area contributed by atoms with E-state index in [1.165, 1.54) is 7.05 Å². The smallest absolute Gasteiger partial charge is 0.338 e. The van der Waals surface area contributed by atoms with Crippen molar-refractivity contribution in [3.8, 4) is 0 Å². The van der Waals surface area contributed by atoms with Gasteiger partial charge in [-0.25, -0.2) is 4.79 Å². The van der Waals surface area contributed by atoms with Gasteiger partial charge < -0.3 is 15.4 Å². The van der Waals surface area contributed by atoms with Gasteiger partial charge in [-0.05, 0) is 43.7 Å². The van der Waals surface area contributed by atoms with Gasteiger partial charge in [0.05, 0.1) is 5.56 Å². The van der Waals surface area contributed by atoms with Crippen LogP contribution >= 0.6 is 0 Å². The van der Waals surface area contributed by atoms with Gasteiger partial charge in [-0.15, -0.1) is 0 Å². The van der Waals surface area contributed by atoms with Crippen LogP contribution in [0.2, 0.25) is 0 Å². The summed E-state index contributed by atoms with van der Waals surface area (Å²) in [6.07, 6.45) is 0. The van der Waals surface area contributed by atoms with Crippen LogP contribution in [0, 0.1) is 13.8 Å². The van der Waals surface area contributed by atoms with Gasteiger partial charge in [0.1, 0.15) is 0 Å². The lowest BCUT2D eigenvalue weighted by Gasteiger charge is -2.09. The summed E-state index contributed by atoms with van der Waals surface area (Å²) in [5, 5.41) is 5.10. The van der Waals surface area contributed by atoms with E-state index in [9.17, 15) is 14.4 Å². The second kappa shape index (κ2) is 8.10. The summed E-state index contributed by atoms with van der Waals surface area (Å²) >= 11 is 0. The summed E-state index contributed by atoms with van der Waals surface area (Å²) in [6.45, 7) is 3.34. The van der Waals surface area contributed by atoms with Crippen LogP contribution in [0.4, 0.5) is 5.69 Å². The minimum atomic E-state index is -0.549. The van der Waals surface area contributed by atoms with E-state index >= 15 is 0 Å². The molecule has 6 heteroatoms. The molecule has 0 aliphatic rings. The molecule has 2 N–H and O–H groups in total. The summed E-state index contributed by atoms with van der Waals surface area (Å²) in [4.78, 5) is 35.6. The first-order valence-electron chi connectivity index (χ1n) is 7.77. The van der Waals surface area contributed by atoms with Gasteiger partial charge in [-0.2, -0.15) is 0 Å². The molecule has 130 valence electrons. The number of rotatable bonds is 5. The molecule has 0 aliphatic carbocycles. The molecular weight excluding hydrogens is 320 g/mol. The SMILES string of the molecule is CNC(=O)c1cccc(NC(=O)COC(=O)c2ccc(C)cc2C)c1. The number of hydrogen-bond donors (Lipinski definition) is 2. The Bertz CT molecular complexity index is 815. The minimum Gasteiger partial charge on any atom is -0.452 e. The molecule has 2 rings (SSSR count). The Balaban J connectivity index is 1.94. The molecule has 0 atom stereocenters. The van der Waals surface area contributed by atoms with Crippen LogP contribution < -0.4 is 10.6 Å². The summed E-state index contributed by atoms with van der Waals surface area (Å²) in [5.41, 5.74) is 3.15. The van der Waals surface area contributed by atoms with Crippen LogP contribution in [0.1, 0.15) is 31.8 Å². The molecule has 0 radical (unpaired) electrons. The number of hydrogen-bond acceptors (Lipinski definition) is 4. The molecule has 0 aromatic heterocycles. The van der Waals surface area contributed by atoms with Gasteiger partial charge in [0.25, 0.3) is 11.8 Å². The lowest BCUT2D eigenvalue weighted by atomic mass is 10.1. The monoisotopic (exact) mass is 340 g/mol. The fourth-order valence-corrected chi connectivity index (χ4v) is 2.33. The number of ether oxygens (including phenoxy) is 1. The molecule has 0 aliphatic heterocycles. The van der Waals surface area contributed by atoms with Crippen molar-refractivity contribution < 1.29 is 19.1 Å². The van der Waals surface area contributed by atoms with Gasteiger partial charge in [0, 0.05) is 18.3 Å². The number of nitrogens with one attached hydrogen (secondary N) is 2. The molecule has 2 aromatic rings. The predicted molar refractivity (Wildman–Crippen MR) is 94.7 cm³/mol. The maximum absolute atomic E-state index is 12.1. The Morgan fingerprint density at radius 1 is 1.04 bits per heavy atom. The molecular formula is C19H20N2O4. The quantitative estimate of drug-likeness (QED) is 0.819. The lowest BCUT2D eigenvalue weighted by Crippen LogP contribution is -2.22. The van der Waals surface area contributed by atoms with E-state index < -0.39 is 18.5 Å². The number of carbonyl (C=O) groups excluding carboxylic acids is 3. The van der Waals surface area contributed by atoms with E-state index in [4.69, 9.17) is 4.74 Å². The molecule has 0 unspecified atom stereocenters. The molecule has 0 fully saturated rings. The zero-order chi connectivity index (χ0) is 18.4. The van der Waals surface area contributed by atoms with Crippen molar-refractivity contribution in [3.63, 3.8) is 0 Å². The van der Waals surface area contributed by atoms with E-state index in [1.54, 1.807) is 30.3 Å². The molecule has 0 bridgehead atoms. The van der Waals surface area contributed by atoms with E-state index in [1.807, 2.05) is 26.0 Å². The maximum Gasteiger partial charge on any atom is 0.338 e. The number of aryl methyl sites for hydroxylation is 2. The third-order valence-corrected chi connectivity index (χ3v) is 3.57. The highest BCUT2D eigenvalue weighted by Gasteiger charge is 2.13. The molecule has 6 nitrogen and oxygen atoms in total. The highest BCUT2D eigenvalue weighted by molar-refractivity contribution is 5.98. The van der Waals surface area contributed by atoms with Gasteiger partial charge in [0.2, 0.25) is 0 Å². The molecule has 25 heavy (non-hydrogen) atoms. The number of benzene rings is 2. The van der Waals surface area contributed by atoms with Gasteiger partial charge in [-0.3, -0.25) is 9.59 Å². The fraction of sp³-hybridized carbons (Fsp3) is 0.211. The number of anilines is 1. The highest BCUT2D eigenvalue weighted by Crippen LogP contribution is 2.13. The van der Waals surface area contributed by atoms with Gasteiger partial charge in [0.15, 0.2) is 6.61 Å². The van der Waals surface area contributed by atoms with E-state index in [2.05, 4.69) is 10.6 Å². The van der Waals surface area contributed by atoms with E-state index in [-0.39, 0.29) is 5.91 Å². The standard InChI is InChI=1S/C19H20N2O4/c1-12-7-8-16(13(2)9-12)19(24)25-11-17(22)21-15-6-4-5-14(10-15)18(23)20-3/h4-10H,11H2,1-3H3,(H,20,23)(H,21,22). The average molecular weight is 340 g/mol. The zero-order valence-corrected chi connectivity index (χ0v) is 14.4. The second-order valence-corrected chi connectivity index (χ2v) is 5.60. The summed E-state index contributed by atoms with van der Waals surface area (Å²) < 4.78 is 5.05. The second-order valence-electron chi connectivity index (χ2n) is 5.60. The molecule has 2 aromatic carbocycles. The van der Waals surface area contributed by atoms with Crippen molar-refractivity contribution in [2.24, 2.45) is 0 Å². The van der Waals surface area contributed by atoms with Crippen LogP contribution in [0.5, 0.6) is 0 Å². The topological polar surface area (TPSA) is 84.5 Å². The zero-order valence-electron chi connectivity index (χ0n) is 14.4. The third-order valence-electron chi connectivity index (χ3n) is 3.57. The van der Waals surface area contributed by atoms with Crippen molar-refractivity contribution in [1.29, 1.82) is 0 Å². The summed E-state index contributed by atoms with van der Waals surface area (Å²) in [5.74, 6) is -1.28. The molecule has 0 saturated heterocycles. The first-order chi connectivity index (χ1) is 11.9. The Kier molecular flexibility index (Phi) is 5.89. The van der Waals surface area contributed by atoms with Gasteiger partial charge >= 0.3 is 5.97 Å². The number of carbonyl (C=O) groups is 3. The largest absolute Gasteiger partial charge is 0.452 e. The van der Waals surface area contributed by atoms with Crippen LogP contribution in [-0.2, 0) is 9.53 Å². The van der Waals surface area contributed by atoms with E-state index in [0.29, 0.717) is 16.8 Å². The Hall–Kier alpha value is -3.15. The van der Waals surface area contributed by atoms with Crippen molar-refractivity contribution in [3.05, 3.63) is 64.7 Å². The van der Waals surface area contributed by atoms with Crippen molar-refractivity contribution in [2.75, 3.05) is 19.0 Å². The first kappa shape index (κ1) is 18.2. The van der Waals surface area contributed by atoms with E-state index in [0.717, 1.165) is 11.1 Å². The average Bonchev–Trinajstić information content (AvgIpc) is 2.59. The molecule has 0 saturated carbocycles. The molecule has 2 amide bonds. The van der Waals surface area contributed by atoms with Crippen LogP contribution in [0.25, 0.3) is 0 Å². The van der Waals surface area contributed by atoms with Crippen molar-refractivity contribution in [2.45, 2.75) is 13.8 Å². The number of amides is 2. The predicted octanol–water partition coefficient (Wildman–Crippen LogP) is 2.46. The van der Waals surface area contributed by atoms with Crippen molar-refractivity contribution >= 4 is 23.5 Å². The molecule has 0 heterocycles. The Morgan fingerprint density at radius 2 is 1.80 bits per heavy atom.